The first-order chi connectivity index (χ1) is 12.8. The average molecular weight is 373 g/mol. The minimum absolute atomic E-state index is 0.0188. The van der Waals surface area contributed by atoms with Crippen LogP contribution in [0.1, 0.15) is 44.6 Å². The summed E-state index contributed by atoms with van der Waals surface area (Å²) in [7, 11) is 2.82. The Morgan fingerprint density at radius 2 is 1.85 bits per heavy atom. The molecule has 2 aromatic rings. The second-order valence-corrected chi connectivity index (χ2v) is 6.14. The fraction of sp³-hybridized carbons (Fsp3) is 0.350. The maximum atomic E-state index is 12.6. The molecule has 0 amide bonds. The van der Waals surface area contributed by atoms with Crippen molar-refractivity contribution in [2.45, 2.75) is 33.3 Å². The number of hydrogen-bond acceptors (Lipinski definition) is 6. The molecule has 2 rings (SSSR count). The highest BCUT2D eigenvalue weighted by atomic mass is 16.5. The third-order valence-electron chi connectivity index (χ3n) is 4.23. The molecular weight excluding hydrogens is 350 g/mol. The number of hydrogen-bond donors (Lipinski definition) is 1. The van der Waals surface area contributed by atoms with Gasteiger partial charge in [-0.1, -0.05) is 12.1 Å². The first-order valence-corrected chi connectivity index (χ1v) is 8.42. The molecule has 0 saturated carbocycles. The van der Waals surface area contributed by atoms with Crippen molar-refractivity contribution in [3.63, 3.8) is 0 Å². The van der Waals surface area contributed by atoms with Gasteiger partial charge in [-0.05, 0) is 44.0 Å². The van der Waals surface area contributed by atoms with Gasteiger partial charge in [-0.15, -0.1) is 0 Å². The molecule has 1 heterocycles. The van der Waals surface area contributed by atoms with E-state index < -0.39 is 23.8 Å². The standard InChI is InChI=1S/C20H23NO6/c1-11-17(20(24)26-5)12(2)21-18(11)19(23)13(3)27-16(22)10-14-7-6-8-15(9-14)25-4/h6-9,13,21H,10H2,1-5H3/t13-/m1/s1. The van der Waals surface area contributed by atoms with Crippen molar-refractivity contribution in [2.75, 3.05) is 14.2 Å². The van der Waals surface area contributed by atoms with Gasteiger partial charge in [-0.2, -0.15) is 0 Å². The second kappa shape index (κ2) is 8.53. The third kappa shape index (κ3) is 4.55. The minimum atomic E-state index is -0.995. The Hall–Kier alpha value is -3.09. The highest BCUT2D eigenvalue weighted by Gasteiger charge is 2.27. The van der Waals surface area contributed by atoms with E-state index in [2.05, 4.69) is 4.98 Å². The largest absolute Gasteiger partial charge is 0.497 e. The van der Waals surface area contributed by atoms with Crippen molar-refractivity contribution in [3.8, 4) is 5.75 Å². The summed E-state index contributed by atoms with van der Waals surface area (Å²) >= 11 is 0. The molecule has 0 aliphatic heterocycles. The van der Waals surface area contributed by atoms with Crippen molar-refractivity contribution < 1.29 is 28.6 Å². The Bertz CT molecular complexity index is 867. The normalized spacial score (nSPS) is 11.6. The number of esters is 2. The van der Waals surface area contributed by atoms with Gasteiger partial charge in [0.15, 0.2) is 6.10 Å². The number of carbonyl (C=O) groups is 3. The molecule has 1 aromatic carbocycles. The molecule has 7 nitrogen and oxygen atoms in total. The van der Waals surface area contributed by atoms with E-state index >= 15 is 0 Å². The molecule has 0 saturated heterocycles. The second-order valence-electron chi connectivity index (χ2n) is 6.14. The average Bonchev–Trinajstić information content (AvgIpc) is 2.94. The van der Waals surface area contributed by atoms with Crippen LogP contribution < -0.4 is 4.74 Å². The van der Waals surface area contributed by atoms with Gasteiger partial charge < -0.3 is 19.2 Å². The predicted octanol–water partition coefficient (Wildman–Crippen LogP) is 2.78. The fourth-order valence-electron chi connectivity index (χ4n) is 2.85. The van der Waals surface area contributed by atoms with Crippen molar-refractivity contribution in [2.24, 2.45) is 0 Å². The van der Waals surface area contributed by atoms with Gasteiger partial charge in [0.05, 0.1) is 31.9 Å². The lowest BCUT2D eigenvalue weighted by Gasteiger charge is -2.12. The molecule has 27 heavy (non-hydrogen) atoms. The van der Waals surface area contributed by atoms with Crippen molar-refractivity contribution in [1.29, 1.82) is 0 Å². The summed E-state index contributed by atoms with van der Waals surface area (Å²) in [5.41, 5.74) is 2.27. The predicted molar refractivity (Wildman–Crippen MR) is 98.2 cm³/mol. The van der Waals surface area contributed by atoms with Crippen LogP contribution in [0.25, 0.3) is 0 Å². The van der Waals surface area contributed by atoms with Gasteiger partial charge >= 0.3 is 11.9 Å². The fourth-order valence-corrected chi connectivity index (χ4v) is 2.85. The summed E-state index contributed by atoms with van der Waals surface area (Å²) in [6.45, 7) is 4.82. The van der Waals surface area contributed by atoms with E-state index in [0.29, 0.717) is 22.6 Å². The topological polar surface area (TPSA) is 94.7 Å². The number of rotatable bonds is 7. The SMILES string of the molecule is COC(=O)c1c(C)[nH]c(C(=O)[C@@H](C)OC(=O)Cc2cccc(OC)c2)c1C. The Morgan fingerprint density at radius 1 is 1.15 bits per heavy atom. The zero-order chi connectivity index (χ0) is 20.1. The third-order valence-corrected chi connectivity index (χ3v) is 4.23. The zero-order valence-electron chi connectivity index (χ0n) is 16.0. The van der Waals surface area contributed by atoms with E-state index in [1.54, 1.807) is 45.2 Å². The van der Waals surface area contributed by atoms with E-state index in [1.165, 1.54) is 14.0 Å². The number of aryl methyl sites for hydroxylation is 1. The first kappa shape index (κ1) is 20.2. The molecule has 0 spiro atoms. The van der Waals surface area contributed by atoms with Crippen LogP contribution in [0, 0.1) is 13.8 Å². The number of ketones is 1. The maximum Gasteiger partial charge on any atom is 0.339 e. The van der Waals surface area contributed by atoms with Crippen LogP contribution in [0.4, 0.5) is 0 Å². The lowest BCUT2D eigenvalue weighted by Crippen LogP contribution is -2.26. The van der Waals surface area contributed by atoms with Gasteiger partial charge in [0.1, 0.15) is 5.75 Å². The molecule has 0 radical (unpaired) electrons. The number of H-pyrrole nitrogens is 1. The highest BCUT2D eigenvalue weighted by Crippen LogP contribution is 2.21. The Morgan fingerprint density at radius 3 is 2.48 bits per heavy atom. The quantitative estimate of drug-likeness (QED) is 0.592. The molecule has 0 aliphatic carbocycles. The van der Waals surface area contributed by atoms with Crippen molar-refractivity contribution in [3.05, 3.63) is 52.3 Å². The number of ether oxygens (including phenoxy) is 3. The molecule has 0 unspecified atom stereocenters. The van der Waals surface area contributed by atoms with Gasteiger partial charge in [-0.25, -0.2) is 4.79 Å². The lowest BCUT2D eigenvalue weighted by molar-refractivity contribution is -0.145. The number of benzene rings is 1. The van der Waals surface area contributed by atoms with Crippen molar-refractivity contribution >= 4 is 17.7 Å². The van der Waals surface area contributed by atoms with Crippen LogP contribution in [0.2, 0.25) is 0 Å². The van der Waals surface area contributed by atoms with Crippen LogP contribution in [0.5, 0.6) is 5.75 Å². The lowest BCUT2D eigenvalue weighted by atomic mass is 10.1. The molecule has 1 atom stereocenters. The Labute approximate surface area is 157 Å². The van der Waals surface area contributed by atoms with Crippen LogP contribution >= 0.6 is 0 Å². The van der Waals surface area contributed by atoms with E-state index in [4.69, 9.17) is 14.2 Å². The van der Waals surface area contributed by atoms with E-state index in [1.807, 2.05) is 0 Å². The summed E-state index contributed by atoms with van der Waals surface area (Å²) in [5, 5.41) is 0. The Balaban J connectivity index is 2.09. The van der Waals surface area contributed by atoms with Crippen LogP contribution in [-0.2, 0) is 20.7 Å². The maximum absolute atomic E-state index is 12.6. The summed E-state index contributed by atoms with van der Waals surface area (Å²) < 4.78 is 15.1. The van der Waals surface area contributed by atoms with E-state index in [0.717, 1.165) is 5.56 Å². The molecule has 0 aliphatic rings. The molecule has 1 N–H and O–H groups in total. The monoisotopic (exact) mass is 373 g/mol. The summed E-state index contributed by atoms with van der Waals surface area (Å²) in [4.78, 5) is 39.6. The van der Waals surface area contributed by atoms with E-state index in [-0.39, 0.29) is 12.1 Å². The van der Waals surface area contributed by atoms with Gasteiger partial charge in [0.25, 0.3) is 0 Å². The number of aromatic amines is 1. The summed E-state index contributed by atoms with van der Waals surface area (Å²) in [6.07, 6.45) is -0.976. The Kier molecular flexibility index (Phi) is 6.39. The first-order valence-electron chi connectivity index (χ1n) is 8.42. The zero-order valence-corrected chi connectivity index (χ0v) is 16.0. The van der Waals surface area contributed by atoms with Crippen LogP contribution in [0.15, 0.2) is 24.3 Å². The molecular formula is C20H23NO6. The molecule has 144 valence electrons. The number of aromatic nitrogens is 1. The molecule has 0 bridgehead atoms. The van der Waals surface area contributed by atoms with Gasteiger partial charge in [0.2, 0.25) is 5.78 Å². The van der Waals surface area contributed by atoms with Crippen LogP contribution in [-0.4, -0.2) is 43.0 Å². The summed E-state index contributed by atoms with van der Waals surface area (Å²) in [6, 6.07) is 7.05. The van der Waals surface area contributed by atoms with Crippen LogP contribution in [0.3, 0.4) is 0 Å². The highest BCUT2D eigenvalue weighted by molar-refractivity contribution is 6.04. The van der Waals surface area contributed by atoms with Gasteiger partial charge in [-0.3, -0.25) is 9.59 Å². The number of carbonyl (C=O) groups excluding carboxylic acids is 3. The smallest absolute Gasteiger partial charge is 0.339 e. The molecule has 7 heteroatoms. The molecule has 0 fully saturated rings. The number of methoxy groups -OCH3 is 2. The number of Topliss-reactive ketones (excluding diaryl/α,β-unsaturated/α-hetero) is 1. The van der Waals surface area contributed by atoms with Crippen molar-refractivity contribution in [1.82, 2.24) is 4.98 Å². The minimum Gasteiger partial charge on any atom is -0.497 e. The summed E-state index contributed by atoms with van der Waals surface area (Å²) in [5.74, 6) is -0.830. The number of nitrogens with one attached hydrogen (secondary N) is 1. The molecule has 1 aromatic heterocycles. The van der Waals surface area contributed by atoms with Gasteiger partial charge in [0, 0.05) is 5.69 Å². The van der Waals surface area contributed by atoms with E-state index in [9.17, 15) is 14.4 Å².